The number of hydrogen-bond acceptors (Lipinski definition) is 3. The molecule has 1 aliphatic carbocycles. The molecule has 1 aromatic heterocycles. The van der Waals surface area contributed by atoms with Crippen molar-refractivity contribution < 1.29 is 0 Å². The maximum absolute atomic E-state index is 6.12. The van der Waals surface area contributed by atoms with Crippen molar-refractivity contribution in [2.24, 2.45) is 0 Å². The van der Waals surface area contributed by atoms with Crippen LogP contribution < -0.4 is 5.32 Å². The van der Waals surface area contributed by atoms with E-state index in [1.54, 1.807) is 0 Å². The smallest absolute Gasteiger partial charge is 0.0737 e. The van der Waals surface area contributed by atoms with Crippen LogP contribution in [0.4, 0.5) is 5.69 Å². The van der Waals surface area contributed by atoms with Crippen molar-refractivity contribution in [1.29, 1.82) is 0 Å². The number of nitrogens with zero attached hydrogens (tertiary/aromatic N) is 2. The van der Waals surface area contributed by atoms with Crippen molar-refractivity contribution in [1.82, 2.24) is 9.88 Å². The fraction of sp³-hybridized carbons (Fsp3) is 0.550. The number of likely N-dealkylation sites (tertiary alicyclic amines) is 1. The van der Waals surface area contributed by atoms with Gasteiger partial charge in [0.1, 0.15) is 0 Å². The van der Waals surface area contributed by atoms with E-state index < -0.39 is 0 Å². The van der Waals surface area contributed by atoms with Gasteiger partial charge in [-0.2, -0.15) is 0 Å². The molecule has 1 aromatic carbocycles. The molecule has 0 amide bonds. The summed E-state index contributed by atoms with van der Waals surface area (Å²) in [5.74, 6) is 0. The maximum Gasteiger partial charge on any atom is 0.0737 e. The summed E-state index contributed by atoms with van der Waals surface area (Å²) in [5, 5.41) is 5.78. The Morgan fingerprint density at radius 3 is 2.71 bits per heavy atom. The number of hydrogen-bond donors (Lipinski definition) is 1. The Labute approximate surface area is 149 Å². The van der Waals surface area contributed by atoms with Gasteiger partial charge in [-0.05, 0) is 63.0 Å². The quantitative estimate of drug-likeness (QED) is 0.840. The van der Waals surface area contributed by atoms with E-state index in [2.05, 4.69) is 27.3 Å². The van der Waals surface area contributed by atoms with Crippen molar-refractivity contribution in [3.8, 4) is 0 Å². The molecule has 2 atom stereocenters. The highest BCUT2D eigenvalue weighted by molar-refractivity contribution is 6.31. The van der Waals surface area contributed by atoms with Gasteiger partial charge in [0.05, 0.1) is 5.52 Å². The number of aromatic nitrogens is 1. The summed E-state index contributed by atoms with van der Waals surface area (Å²) in [6.45, 7) is 2.55. The van der Waals surface area contributed by atoms with Crippen LogP contribution >= 0.6 is 11.6 Å². The van der Waals surface area contributed by atoms with Crippen molar-refractivity contribution in [3.05, 3.63) is 35.5 Å². The molecule has 2 fully saturated rings. The van der Waals surface area contributed by atoms with Crippen molar-refractivity contribution >= 4 is 28.2 Å². The Bertz CT molecular complexity index is 696. The van der Waals surface area contributed by atoms with Gasteiger partial charge in [0, 0.05) is 34.4 Å². The SMILES string of the molecule is Clc1ccc2c(NC3CCCCC3N3CCCCC3)ccnc2c1. The molecule has 2 unspecified atom stereocenters. The topological polar surface area (TPSA) is 28.2 Å². The molecular formula is C20H26ClN3. The van der Waals surface area contributed by atoms with E-state index in [0.29, 0.717) is 12.1 Å². The van der Waals surface area contributed by atoms with Crippen LogP contribution in [-0.2, 0) is 0 Å². The summed E-state index contributed by atoms with van der Waals surface area (Å²) in [6, 6.07) is 9.32. The maximum atomic E-state index is 6.12. The Morgan fingerprint density at radius 2 is 1.83 bits per heavy atom. The van der Waals surface area contributed by atoms with Gasteiger partial charge in [-0.15, -0.1) is 0 Å². The summed E-state index contributed by atoms with van der Waals surface area (Å²) in [7, 11) is 0. The predicted octanol–water partition coefficient (Wildman–Crippen LogP) is 5.10. The number of piperidine rings is 1. The first-order chi connectivity index (χ1) is 11.8. The number of benzene rings is 1. The molecule has 4 heteroatoms. The largest absolute Gasteiger partial charge is 0.380 e. The zero-order chi connectivity index (χ0) is 16.4. The van der Waals surface area contributed by atoms with E-state index in [1.165, 1.54) is 69.1 Å². The van der Waals surface area contributed by atoms with Crippen LogP contribution in [0, 0.1) is 0 Å². The molecule has 0 bridgehead atoms. The molecule has 3 nitrogen and oxygen atoms in total. The van der Waals surface area contributed by atoms with Crippen LogP contribution in [0.15, 0.2) is 30.5 Å². The number of pyridine rings is 1. The normalized spacial score (nSPS) is 25.7. The first-order valence-electron chi connectivity index (χ1n) is 9.36. The average molecular weight is 344 g/mol. The number of fused-ring (bicyclic) bond motifs is 1. The van der Waals surface area contributed by atoms with E-state index in [4.69, 9.17) is 11.6 Å². The third-order valence-electron chi connectivity index (χ3n) is 5.63. The summed E-state index contributed by atoms with van der Waals surface area (Å²) >= 11 is 6.12. The van der Waals surface area contributed by atoms with Crippen molar-refractivity contribution in [2.75, 3.05) is 18.4 Å². The van der Waals surface area contributed by atoms with Gasteiger partial charge in [-0.3, -0.25) is 9.88 Å². The van der Waals surface area contributed by atoms with E-state index in [-0.39, 0.29) is 0 Å². The molecule has 2 heterocycles. The van der Waals surface area contributed by atoms with E-state index in [0.717, 1.165) is 10.5 Å². The van der Waals surface area contributed by atoms with Gasteiger partial charge in [0.25, 0.3) is 0 Å². The highest BCUT2D eigenvalue weighted by Crippen LogP contribution is 2.31. The standard InChI is InChI=1S/C20H26ClN3/c21-15-8-9-16-17(10-11-22-19(16)14-15)23-18-6-2-3-7-20(18)24-12-4-1-5-13-24/h8-11,14,18,20H,1-7,12-13H2,(H,22,23). The molecule has 1 saturated heterocycles. The third kappa shape index (κ3) is 3.38. The average Bonchev–Trinajstić information content (AvgIpc) is 2.63. The van der Waals surface area contributed by atoms with Gasteiger partial charge >= 0.3 is 0 Å². The molecule has 2 aromatic rings. The van der Waals surface area contributed by atoms with Gasteiger partial charge in [0.15, 0.2) is 0 Å². The van der Waals surface area contributed by atoms with E-state index in [1.807, 2.05) is 18.3 Å². The molecule has 1 aliphatic heterocycles. The lowest BCUT2D eigenvalue weighted by atomic mass is 9.87. The summed E-state index contributed by atoms with van der Waals surface area (Å²) in [6.07, 6.45) is 11.3. The fourth-order valence-electron chi connectivity index (χ4n) is 4.41. The molecular weight excluding hydrogens is 318 g/mol. The minimum Gasteiger partial charge on any atom is -0.380 e. The lowest BCUT2D eigenvalue weighted by molar-refractivity contribution is 0.121. The summed E-state index contributed by atoms with van der Waals surface area (Å²) in [4.78, 5) is 7.21. The van der Waals surface area contributed by atoms with Crippen LogP contribution in [0.1, 0.15) is 44.9 Å². The molecule has 24 heavy (non-hydrogen) atoms. The zero-order valence-corrected chi connectivity index (χ0v) is 14.9. The second kappa shape index (κ2) is 7.28. The highest BCUT2D eigenvalue weighted by atomic mass is 35.5. The monoisotopic (exact) mass is 343 g/mol. The first-order valence-corrected chi connectivity index (χ1v) is 9.74. The number of anilines is 1. The van der Waals surface area contributed by atoms with Crippen LogP contribution in [0.3, 0.4) is 0 Å². The van der Waals surface area contributed by atoms with Crippen molar-refractivity contribution in [3.63, 3.8) is 0 Å². The predicted molar refractivity (Wildman–Crippen MR) is 102 cm³/mol. The van der Waals surface area contributed by atoms with E-state index in [9.17, 15) is 0 Å². The zero-order valence-electron chi connectivity index (χ0n) is 14.2. The minimum absolute atomic E-state index is 0.540. The molecule has 128 valence electrons. The Morgan fingerprint density at radius 1 is 1.00 bits per heavy atom. The van der Waals surface area contributed by atoms with Crippen LogP contribution in [-0.4, -0.2) is 35.1 Å². The number of halogens is 1. The third-order valence-corrected chi connectivity index (χ3v) is 5.87. The molecule has 1 N–H and O–H groups in total. The minimum atomic E-state index is 0.540. The summed E-state index contributed by atoms with van der Waals surface area (Å²) < 4.78 is 0. The molecule has 1 saturated carbocycles. The fourth-order valence-corrected chi connectivity index (χ4v) is 4.58. The molecule has 2 aliphatic rings. The van der Waals surface area contributed by atoms with Crippen LogP contribution in [0.2, 0.25) is 5.02 Å². The lowest BCUT2D eigenvalue weighted by Gasteiger charge is -2.42. The second-order valence-corrected chi connectivity index (χ2v) is 7.66. The molecule has 0 radical (unpaired) electrons. The second-order valence-electron chi connectivity index (χ2n) is 7.22. The summed E-state index contributed by atoms with van der Waals surface area (Å²) in [5.41, 5.74) is 2.17. The Hall–Kier alpha value is -1.32. The van der Waals surface area contributed by atoms with Gasteiger partial charge in [0.2, 0.25) is 0 Å². The molecule has 0 spiro atoms. The van der Waals surface area contributed by atoms with Gasteiger partial charge < -0.3 is 5.32 Å². The van der Waals surface area contributed by atoms with Crippen LogP contribution in [0.25, 0.3) is 10.9 Å². The van der Waals surface area contributed by atoms with Crippen molar-refractivity contribution in [2.45, 2.75) is 57.0 Å². The Kier molecular flexibility index (Phi) is 4.91. The Balaban J connectivity index is 1.58. The van der Waals surface area contributed by atoms with Gasteiger partial charge in [-0.25, -0.2) is 0 Å². The van der Waals surface area contributed by atoms with E-state index >= 15 is 0 Å². The first kappa shape index (κ1) is 16.2. The molecule has 4 rings (SSSR count). The van der Waals surface area contributed by atoms with Crippen LogP contribution in [0.5, 0.6) is 0 Å². The van der Waals surface area contributed by atoms with Gasteiger partial charge in [-0.1, -0.05) is 30.9 Å². The lowest BCUT2D eigenvalue weighted by Crippen LogP contribution is -2.50. The highest BCUT2D eigenvalue weighted by Gasteiger charge is 2.31. The number of rotatable bonds is 3. The number of nitrogens with one attached hydrogen (secondary N) is 1.